The Morgan fingerprint density at radius 2 is 1.51 bits per heavy atom. The van der Waals surface area contributed by atoms with Crippen molar-refractivity contribution in [3.63, 3.8) is 0 Å². The highest BCUT2D eigenvalue weighted by Crippen LogP contribution is 2.01. The van der Waals surface area contributed by atoms with Crippen molar-refractivity contribution in [1.82, 2.24) is 36.6 Å². The van der Waals surface area contributed by atoms with Gasteiger partial charge < -0.3 is 41.0 Å². The van der Waals surface area contributed by atoms with Crippen LogP contribution in [-0.2, 0) is 46.5 Å². The summed E-state index contributed by atoms with van der Waals surface area (Å²) in [6.45, 7) is 0.113. The molecule has 0 bridgehead atoms. The summed E-state index contributed by atoms with van der Waals surface area (Å²) in [6.07, 6.45) is 2.07. The van der Waals surface area contributed by atoms with Gasteiger partial charge in [0.05, 0.1) is 26.0 Å². The second-order valence-corrected chi connectivity index (χ2v) is 7.89. The lowest BCUT2D eigenvalue weighted by Crippen LogP contribution is -2.52. The number of benzene rings is 1. The first-order valence-corrected chi connectivity index (χ1v) is 11.9. The van der Waals surface area contributed by atoms with Gasteiger partial charge in [0.2, 0.25) is 23.6 Å². The zero-order chi connectivity index (χ0) is 28.5. The number of H-pyrrole nitrogens is 1. The number of amides is 5. The van der Waals surface area contributed by atoms with Crippen LogP contribution in [-0.4, -0.2) is 84.5 Å². The number of rotatable bonds is 15. The second kappa shape index (κ2) is 16.7. The number of alkyl carbamates (subject to hydrolysis) is 1. The summed E-state index contributed by atoms with van der Waals surface area (Å²) in [5.74, 6) is -3.29. The summed E-state index contributed by atoms with van der Waals surface area (Å²) < 4.78 is 9.70. The number of hydrogen-bond acceptors (Lipinski definition) is 9. The monoisotopic (exact) mass is 545 g/mol. The lowest BCUT2D eigenvalue weighted by atomic mass is 10.1. The molecular weight excluding hydrogens is 514 g/mol. The first-order chi connectivity index (χ1) is 18.8. The molecular formula is C24H31N7O8. The Morgan fingerprint density at radius 3 is 2.18 bits per heavy atom. The fraction of sp³-hybridized carbons (Fsp3) is 0.375. The zero-order valence-corrected chi connectivity index (χ0v) is 21.3. The van der Waals surface area contributed by atoms with Gasteiger partial charge >= 0.3 is 12.1 Å². The maximum atomic E-state index is 12.6. The number of esters is 1. The van der Waals surface area contributed by atoms with Gasteiger partial charge in [-0.15, -0.1) is 0 Å². The summed E-state index contributed by atoms with van der Waals surface area (Å²) in [7, 11) is 0. The molecule has 15 nitrogen and oxygen atoms in total. The van der Waals surface area contributed by atoms with Gasteiger partial charge in [-0.2, -0.15) is 0 Å². The molecule has 39 heavy (non-hydrogen) atoms. The molecule has 2 aromatic rings. The van der Waals surface area contributed by atoms with E-state index in [0.29, 0.717) is 5.69 Å². The third kappa shape index (κ3) is 12.7. The highest BCUT2D eigenvalue weighted by Gasteiger charge is 2.23. The van der Waals surface area contributed by atoms with Crippen molar-refractivity contribution >= 4 is 35.7 Å². The molecule has 0 spiro atoms. The van der Waals surface area contributed by atoms with E-state index in [1.165, 1.54) is 12.5 Å². The van der Waals surface area contributed by atoms with E-state index >= 15 is 0 Å². The van der Waals surface area contributed by atoms with Gasteiger partial charge in [0.15, 0.2) is 0 Å². The summed E-state index contributed by atoms with van der Waals surface area (Å²) in [4.78, 5) is 78.7. The Morgan fingerprint density at radius 1 is 0.846 bits per heavy atom. The molecule has 1 aromatic carbocycles. The molecule has 6 N–H and O–H groups in total. The Labute approximate surface area is 223 Å². The van der Waals surface area contributed by atoms with E-state index in [1.54, 1.807) is 31.2 Å². The van der Waals surface area contributed by atoms with Gasteiger partial charge in [-0.3, -0.25) is 24.0 Å². The lowest BCUT2D eigenvalue weighted by Gasteiger charge is -2.18. The highest BCUT2D eigenvalue weighted by molar-refractivity contribution is 5.93. The van der Waals surface area contributed by atoms with E-state index in [-0.39, 0.29) is 26.2 Å². The Kier molecular flexibility index (Phi) is 13.0. The van der Waals surface area contributed by atoms with Crippen LogP contribution < -0.4 is 26.6 Å². The fourth-order valence-corrected chi connectivity index (χ4v) is 2.97. The third-order valence-corrected chi connectivity index (χ3v) is 4.84. The normalized spacial score (nSPS) is 10.9. The fourth-order valence-electron chi connectivity index (χ4n) is 2.97. The predicted molar refractivity (Wildman–Crippen MR) is 135 cm³/mol. The molecule has 5 amide bonds. The molecule has 0 aliphatic heterocycles. The van der Waals surface area contributed by atoms with E-state index < -0.39 is 61.4 Å². The summed E-state index contributed by atoms with van der Waals surface area (Å²) in [6, 6.07) is 7.86. The Balaban J connectivity index is 1.75. The number of aromatic amines is 1. The number of nitrogens with one attached hydrogen (secondary N) is 6. The van der Waals surface area contributed by atoms with E-state index in [9.17, 15) is 28.8 Å². The van der Waals surface area contributed by atoms with Crippen LogP contribution in [0.1, 0.15) is 18.2 Å². The van der Waals surface area contributed by atoms with Crippen LogP contribution in [0, 0.1) is 0 Å². The van der Waals surface area contributed by atoms with Crippen LogP contribution in [0.4, 0.5) is 4.79 Å². The average molecular weight is 546 g/mol. The van der Waals surface area contributed by atoms with Crippen LogP contribution in [0.25, 0.3) is 0 Å². The summed E-state index contributed by atoms with van der Waals surface area (Å²) in [5, 5.41) is 11.7. The van der Waals surface area contributed by atoms with Crippen molar-refractivity contribution in [2.75, 3.05) is 32.8 Å². The van der Waals surface area contributed by atoms with Crippen LogP contribution in [0.15, 0.2) is 42.9 Å². The number of nitrogens with zero attached hydrogens (tertiary/aromatic N) is 1. The van der Waals surface area contributed by atoms with E-state index in [4.69, 9.17) is 9.47 Å². The molecule has 0 saturated carbocycles. The topological polar surface area (TPSA) is 210 Å². The number of carbonyl (C=O) groups is 6. The van der Waals surface area contributed by atoms with Gasteiger partial charge in [-0.25, -0.2) is 9.78 Å². The van der Waals surface area contributed by atoms with Crippen LogP contribution in [0.5, 0.6) is 0 Å². The third-order valence-electron chi connectivity index (χ3n) is 4.84. The smallest absolute Gasteiger partial charge is 0.407 e. The maximum Gasteiger partial charge on any atom is 0.407 e. The second-order valence-electron chi connectivity index (χ2n) is 7.89. The quantitative estimate of drug-likeness (QED) is 0.140. The molecule has 210 valence electrons. The van der Waals surface area contributed by atoms with Crippen LogP contribution in [0.3, 0.4) is 0 Å². The summed E-state index contributed by atoms with van der Waals surface area (Å²) in [5.41, 5.74) is 1.31. The van der Waals surface area contributed by atoms with Crippen LogP contribution in [0.2, 0.25) is 0 Å². The molecule has 15 heteroatoms. The van der Waals surface area contributed by atoms with Crippen molar-refractivity contribution in [3.05, 3.63) is 54.1 Å². The first kappa shape index (κ1) is 30.3. The first-order valence-electron chi connectivity index (χ1n) is 11.9. The Hall–Kier alpha value is -4.95. The van der Waals surface area contributed by atoms with Gasteiger partial charge in [0.1, 0.15) is 25.7 Å². The van der Waals surface area contributed by atoms with Gasteiger partial charge in [0.25, 0.3) is 0 Å². The molecule has 1 unspecified atom stereocenters. The van der Waals surface area contributed by atoms with Crippen molar-refractivity contribution < 1.29 is 38.2 Å². The Bertz CT molecular complexity index is 1110. The minimum absolute atomic E-state index is 0.0186. The zero-order valence-electron chi connectivity index (χ0n) is 21.3. The maximum absolute atomic E-state index is 12.6. The van der Waals surface area contributed by atoms with E-state index in [1.807, 2.05) is 6.07 Å². The SMILES string of the molecule is CCOC(=O)CNC(=O)CNC(=O)C(Cc1cnc[nH]1)NC(=O)CNC(=O)CNC(=O)OCc1ccccc1. The predicted octanol–water partition coefficient (Wildman–Crippen LogP) is -1.72. The summed E-state index contributed by atoms with van der Waals surface area (Å²) >= 11 is 0. The van der Waals surface area contributed by atoms with E-state index in [2.05, 4.69) is 36.6 Å². The lowest BCUT2D eigenvalue weighted by molar-refractivity contribution is -0.143. The molecule has 0 aliphatic carbocycles. The molecule has 0 fully saturated rings. The largest absolute Gasteiger partial charge is 0.465 e. The van der Waals surface area contributed by atoms with Crippen molar-refractivity contribution in [2.45, 2.75) is 26.0 Å². The number of imidazole rings is 1. The van der Waals surface area contributed by atoms with E-state index in [0.717, 1.165) is 5.56 Å². The molecule has 0 aliphatic rings. The molecule has 0 radical (unpaired) electrons. The average Bonchev–Trinajstić information content (AvgIpc) is 3.45. The number of carbonyl (C=O) groups excluding carboxylic acids is 6. The minimum Gasteiger partial charge on any atom is -0.465 e. The van der Waals surface area contributed by atoms with Gasteiger partial charge in [-0.1, -0.05) is 30.3 Å². The molecule has 1 aromatic heterocycles. The van der Waals surface area contributed by atoms with Gasteiger partial charge in [-0.05, 0) is 12.5 Å². The molecule has 1 heterocycles. The van der Waals surface area contributed by atoms with Crippen molar-refractivity contribution in [2.24, 2.45) is 0 Å². The highest BCUT2D eigenvalue weighted by atomic mass is 16.5. The molecule has 0 saturated heterocycles. The van der Waals surface area contributed by atoms with Gasteiger partial charge in [0, 0.05) is 18.3 Å². The number of hydrogen-bond donors (Lipinski definition) is 6. The molecule has 1 atom stereocenters. The minimum atomic E-state index is -1.11. The van der Waals surface area contributed by atoms with Crippen molar-refractivity contribution in [3.8, 4) is 0 Å². The van der Waals surface area contributed by atoms with Crippen molar-refractivity contribution in [1.29, 1.82) is 0 Å². The van der Waals surface area contributed by atoms with Crippen LogP contribution >= 0.6 is 0 Å². The molecule has 2 rings (SSSR count). The number of ether oxygens (including phenoxy) is 2. The number of aromatic nitrogens is 2. The standard InChI is InChI=1S/C24H31N7O8/c1-2-38-22(35)13-27-19(32)10-28-23(36)18(8-17-9-25-15-30-17)31-21(34)12-26-20(33)11-29-24(37)39-14-16-6-4-3-5-7-16/h3-7,9,15,18H,2,8,10-14H2,1H3,(H,25,30)(H,26,33)(H,27,32)(H,28,36)(H,29,37)(H,31,34).